The molecule has 0 amide bonds. The van der Waals surface area contributed by atoms with Gasteiger partial charge in [-0.25, -0.2) is 0 Å². The lowest BCUT2D eigenvalue weighted by Crippen LogP contribution is -2.21. The van der Waals surface area contributed by atoms with E-state index in [1.54, 1.807) is 12.1 Å². The number of carbonyl (C=O) groups excluding carboxylic acids is 1. The molecule has 0 aliphatic heterocycles. The van der Waals surface area contributed by atoms with Crippen molar-refractivity contribution in [3.63, 3.8) is 0 Å². The highest BCUT2D eigenvalue weighted by Crippen LogP contribution is 2.06. The first kappa shape index (κ1) is 9.60. The van der Waals surface area contributed by atoms with Crippen LogP contribution in [0, 0.1) is 0 Å². The molecule has 0 unspecified atom stereocenters. The first-order valence-corrected chi connectivity index (χ1v) is 3.76. The predicted molar refractivity (Wildman–Crippen MR) is 48.0 cm³/mol. The minimum atomic E-state index is -0.532. The molecule has 67 valence electrons. The molecule has 1 aromatic rings. The summed E-state index contributed by atoms with van der Waals surface area (Å²) in [5.74, 6) is 0.0725. The van der Waals surface area contributed by atoms with E-state index in [1.807, 2.05) is 18.2 Å². The van der Waals surface area contributed by atoms with Gasteiger partial charge in [0, 0.05) is 0 Å². The second-order valence-electron chi connectivity index (χ2n) is 2.22. The van der Waals surface area contributed by atoms with Crippen LogP contribution < -0.4 is 10.4 Å². The molecule has 0 aliphatic rings. The van der Waals surface area contributed by atoms with Gasteiger partial charge < -0.3 is 15.0 Å². The lowest BCUT2D eigenvalue weighted by molar-refractivity contribution is -0.133. The zero-order valence-corrected chi connectivity index (χ0v) is 6.97. The Hall–Kier alpha value is -1.49. The molecule has 1 aromatic carbocycles. The highest BCUT2D eigenvalue weighted by Gasteiger charge is 2.03. The Balaban J connectivity index is 2.24. The molecular formula is C8H9BNO3. The zero-order chi connectivity index (χ0) is 9.52. The van der Waals surface area contributed by atoms with E-state index in [1.165, 1.54) is 0 Å². The van der Waals surface area contributed by atoms with Crippen molar-refractivity contribution in [2.75, 3.05) is 6.54 Å². The Morgan fingerprint density at radius 1 is 1.38 bits per heavy atom. The second-order valence-corrected chi connectivity index (χ2v) is 2.22. The van der Waals surface area contributed by atoms with Gasteiger partial charge >= 0.3 is 13.7 Å². The van der Waals surface area contributed by atoms with Gasteiger partial charge in [0.2, 0.25) is 0 Å². The summed E-state index contributed by atoms with van der Waals surface area (Å²) in [6, 6.07) is 8.97. The smallest absolute Gasteiger partial charge is 0.526 e. The standard InChI is InChI=1S/C8H9BNO3/c10-6-8(11)13-9-12-7-4-2-1-3-5-7/h1-5H,6,10H2. The van der Waals surface area contributed by atoms with E-state index in [0.717, 1.165) is 7.69 Å². The summed E-state index contributed by atoms with van der Waals surface area (Å²) in [4.78, 5) is 10.5. The maximum absolute atomic E-state index is 10.5. The Labute approximate surface area is 76.9 Å². The lowest BCUT2D eigenvalue weighted by atomic mass is 10.3. The number of rotatable bonds is 4. The van der Waals surface area contributed by atoms with Gasteiger partial charge in [0.25, 0.3) is 0 Å². The third-order valence-corrected chi connectivity index (χ3v) is 1.27. The van der Waals surface area contributed by atoms with Crippen LogP contribution in [-0.2, 0) is 9.45 Å². The van der Waals surface area contributed by atoms with Crippen molar-refractivity contribution in [2.45, 2.75) is 0 Å². The Morgan fingerprint density at radius 3 is 2.69 bits per heavy atom. The molecule has 5 heteroatoms. The minimum absolute atomic E-state index is 0.158. The van der Waals surface area contributed by atoms with E-state index < -0.39 is 5.97 Å². The fraction of sp³-hybridized carbons (Fsp3) is 0.125. The van der Waals surface area contributed by atoms with Gasteiger partial charge in [0.15, 0.2) is 0 Å². The number of para-hydroxylation sites is 1. The first-order chi connectivity index (χ1) is 6.33. The molecule has 0 spiro atoms. The highest BCUT2D eigenvalue weighted by atomic mass is 16.6. The third kappa shape index (κ3) is 3.62. The van der Waals surface area contributed by atoms with Crippen molar-refractivity contribution in [3.8, 4) is 5.75 Å². The molecule has 0 bridgehead atoms. The fourth-order valence-corrected chi connectivity index (χ4v) is 0.680. The molecule has 0 saturated heterocycles. The summed E-state index contributed by atoms with van der Waals surface area (Å²) in [5, 5.41) is 0. The zero-order valence-electron chi connectivity index (χ0n) is 6.97. The molecule has 4 nitrogen and oxygen atoms in total. The van der Waals surface area contributed by atoms with E-state index in [9.17, 15) is 4.79 Å². The van der Waals surface area contributed by atoms with Crippen LogP contribution in [0.25, 0.3) is 0 Å². The summed E-state index contributed by atoms with van der Waals surface area (Å²) in [5.41, 5.74) is 5.00. The topological polar surface area (TPSA) is 61.6 Å². The molecule has 0 atom stereocenters. The largest absolute Gasteiger partial charge is 0.660 e. The number of hydrogen-bond donors (Lipinski definition) is 1. The third-order valence-electron chi connectivity index (χ3n) is 1.27. The molecular weight excluding hydrogens is 169 g/mol. The van der Waals surface area contributed by atoms with Crippen LogP contribution in [0.5, 0.6) is 5.75 Å². The summed E-state index contributed by atoms with van der Waals surface area (Å²) in [7, 11) is 0.963. The SMILES string of the molecule is NCC(=O)O[B]Oc1ccccc1. The van der Waals surface area contributed by atoms with Gasteiger partial charge in [-0.2, -0.15) is 0 Å². The summed E-state index contributed by atoms with van der Waals surface area (Å²) < 4.78 is 9.44. The first-order valence-electron chi connectivity index (χ1n) is 3.76. The van der Waals surface area contributed by atoms with Crippen LogP contribution in [0.3, 0.4) is 0 Å². The summed E-state index contributed by atoms with van der Waals surface area (Å²) in [6.45, 7) is -0.158. The van der Waals surface area contributed by atoms with E-state index in [2.05, 4.69) is 4.65 Å². The summed E-state index contributed by atoms with van der Waals surface area (Å²) >= 11 is 0. The Kier molecular flexibility index (Phi) is 3.85. The normalized spacial score (nSPS) is 9.00. The average molecular weight is 178 g/mol. The fourth-order valence-electron chi connectivity index (χ4n) is 0.680. The second kappa shape index (κ2) is 5.21. The van der Waals surface area contributed by atoms with Crippen LogP contribution in [-0.4, -0.2) is 20.2 Å². The van der Waals surface area contributed by atoms with Gasteiger partial charge in [-0.1, -0.05) is 18.2 Å². The number of carbonyl (C=O) groups is 1. The minimum Gasteiger partial charge on any atom is -0.526 e. The Bertz CT molecular complexity index is 265. The molecule has 0 heterocycles. The van der Waals surface area contributed by atoms with Gasteiger partial charge in [-0.05, 0) is 12.1 Å². The van der Waals surface area contributed by atoms with Crippen molar-refractivity contribution < 1.29 is 14.1 Å². The molecule has 1 rings (SSSR count). The predicted octanol–water partition coefficient (Wildman–Crippen LogP) is 0.101. The van der Waals surface area contributed by atoms with Crippen molar-refractivity contribution in [2.24, 2.45) is 5.73 Å². The van der Waals surface area contributed by atoms with Crippen LogP contribution in [0.1, 0.15) is 0 Å². The van der Waals surface area contributed by atoms with Gasteiger partial charge in [-0.15, -0.1) is 0 Å². The summed E-state index contributed by atoms with van der Waals surface area (Å²) in [6.07, 6.45) is 0. The van der Waals surface area contributed by atoms with Crippen molar-refractivity contribution in [3.05, 3.63) is 30.3 Å². The molecule has 0 saturated carbocycles. The van der Waals surface area contributed by atoms with Crippen LogP contribution in [0.4, 0.5) is 0 Å². The van der Waals surface area contributed by atoms with E-state index >= 15 is 0 Å². The molecule has 2 N–H and O–H groups in total. The van der Waals surface area contributed by atoms with Gasteiger partial charge in [0.1, 0.15) is 5.75 Å². The molecule has 1 radical (unpaired) electrons. The maximum atomic E-state index is 10.5. The Morgan fingerprint density at radius 2 is 2.08 bits per heavy atom. The monoisotopic (exact) mass is 178 g/mol. The quantitative estimate of drug-likeness (QED) is 0.664. The highest BCUT2D eigenvalue weighted by molar-refractivity contribution is 6.23. The van der Waals surface area contributed by atoms with E-state index in [4.69, 9.17) is 10.4 Å². The number of benzene rings is 1. The van der Waals surface area contributed by atoms with Crippen LogP contribution in [0.15, 0.2) is 30.3 Å². The maximum Gasteiger partial charge on any atom is 0.660 e. The van der Waals surface area contributed by atoms with Gasteiger partial charge in [-0.3, -0.25) is 4.79 Å². The molecule has 0 fully saturated rings. The van der Waals surface area contributed by atoms with Crippen LogP contribution in [0.2, 0.25) is 0 Å². The van der Waals surface area contributed by atoms with E-state index in [-0.39, 0.29) is 6.54 Å². The van der Waals surface area contributed by atoms with Crippen LogP contribution >= 0.6 is 0 Å². The van der Waals surface area contributed by atoms with Crippen molar-refractivity contribution >= 4 is 13.7 Å². The lowest BCUT2D eigenvalue weighted by Gasteiger charge is -2.03. The molecule has 13 heavy (non-hydrogen) atoms. The molecule has 0 aliphatic carbocycles. The van der Waals surface area contributed by atoms with E-state index in [0.29, 0.717) is 5.75 Å². The number of nitrogens with two attached hydrogens (primary N) is 1. The van der Waals surface area contributed by atoms with Crippen molar-refractivity contribution in [1.29, 1.82) is 0 Å². The van der Waals surface area contributed by atoms with Gasteiger partial charge in [0.05, 0.1) is 6.54 Å². The number of hydrogen-bond acceptors (Lipinski definition) is 4. The molecule has 0 aromatic heterocycles. The van der Waals surface area contributed by atoms with Crippen molar-refractivity contribution in [1.82, 2.24) is 0 Å². The average Bonchev–Trinajstić information content (AvgIpc) is 2.19.